The van der Waals surface area contributed by atoms with Crippen molar-refractivity contribution in [3.05, 3.63) is 102 Å². The molecule has 0 spiro atoms. The molecule has 0 bridgehead atoms. The largest absolute Gasteiger partial charge is 0.381 e. The molecule has 31 heavy (non-hydrogen) atoms. The normalized spacial score (nSPS) is 11.0. The van der Waals surface area contributed by atoms with Crippen molar-refractivity contribution in [2.75, 3.05) is 5.32 Å². The van der Waals surface area contributed by atoms with Crippen LogP contribution in [-0.2, 0) is 6.54 Å². The SMILES string of the molecule is CC(=O)n1cc(/C=N\NC(=O)c2ccc(NCc3ccccc3)cc2)c2ccccc21. The molecule has 1 aromatic heterocycles. The summed E-state index contributed by atoms with van der Waals surface area (Å²) in [5, 5.41) is 8.30. The van der Waals surface area contributed by atoms with E-state index < -0.39 is 0 Å². The van der Waals surface area contributed by atoms with E-state index in [1.807, 2.05) is 54.6 Å². The number of carbonyl (C=O) groups excluding carboxylic acids is 2. The van der Waals surface area contributed by atoms with E-state index in [1.165, 1.54) is 12.5 Å². The minimum absolute atomic E-state index is 0.0825. The molecule has 0 unspecified atom stereocenters. The quantitative estimate of drug-likeness (QED) is 0.358. The highest BCUT2D eigenvalue weighted by atomic mass is 16.2. The summed E-state index contributed by atoms with van der Waals surface area (Å²) < 4.78 is 1.57. The summed E-state index contributed by atoms with van der Waals surface area (Å²) in [6.07, 6.45) is 3.27. The topological polar surface area (TPSA) is 75.5 Å². The summed E-state index contributed by atoms with van der Waals surface area (Å²) in [5.74, 6) is -0.387. The van der Waals surface area contributed by atoms with Crippen molar-refractivity contribution >= 4 is 34.6 Å². The number of hydrogen-bond acceptors (Lipinski definition) is 4. The molecule has 0 saturated heterocycles. The first-order valence-corrected chi connectivity index (χ1v) is 9.94. The van der Waals surface area contributed by atoms with Crippen LogP contribution < -0.4 is 10.7 Å². The zero-order valence-electron chi connectivity index (χ0n) is 17.1. The molecule has 4 aromatic rings. The fraction of sp³-hybridized carbons (Fsp3) is 0.0800. The van der Waals surface area contributed by atoms with Crippen LogP contribution in [0.2, 0.25) is 0 Å². The molecule has 0 atom stereocenters. The zero-order chi connectivity index (χ0) is 21.6. The first kappa shape index (κ1) is 20.1. The maximum absolute atomic E-state index is 12.4. The third-order valence-corrected chi connectivity index (χ3v) is 4.94. The van der Waals surface area contributed by atoms with E-state index in [1.54, 1.807) is 29.1 Å². The maximum Gasteiger partial charge on any atom is 0.271 e. The molecule has 0 aliphatic heterocycles. The monoisotopic (exact) mass is 410 g/mol. The molecule has 4 rings (SSSR count). The second-order valence-electron chi connectivity index (χ2n) is 7.11. The molecule has 0 fully saturated rings. The van der Waals surface area contributed by atoms with Gasteiger partial charge in [0.1, 0.15) is 0 Å². The summed E-state index contributed by atoms with van der Waals surface area (Å²) in [5.41, 5.74) is 6.73. The summed E-state index contributed by atoms with van der Waals surface area (Å²) in [6.45, 7) is 2.22. The average molecular weight is 410 g/mol. The van der Waals surface area contributed by atoms with Gasteiger partial charge in [-0.15, -0.1) is 0 Å². The van der Waals surface area contributed by atoms with Gasteiger partial charge in [0.2, 0.25) is 5.91 Å². The third kappa shape index (κ3) is 4.70. The highest BCUT2D eigenvalue weighted by Crippen LogP contribution is 2.19. The first-order chi connectivity index (χ1) is 15.1. The van der Waals surface area contributed by atoms with Crippen molar-refractivity contribution in [1.29, 1.82) is 0 Å². The van der Waals surface area contributed by atoms with Gasteiger partial charge in [-0.25, -0.2) is 5.43 Å². The molecular weight excluding hydrogens is 388 g/mol. The Morgan fingerprint density at radius 3 is 2.39 bits per heavy atom. The van der Waals surface area contributed by atoms with Crippen LogP contribution in [0.3, 0.4) is 0 Å². The van der Waals surface area contributed by atoms with Gasteiger partial charge in [-0.1, -0.05) is 48.5 Å². The molecule has 3 aromatic carbocycles. The lowest BCUT2D eigenvalue weighted by Crippen LogP contribution is -2.17. The lowest BCUT2D eigenvalue weighted by molar-refractivity contribution is 0.0937. The van der Waals surface area contributed by atoms with E-state index in [-0.39, 0.29) is 11.8 Å². The molecule has 2 N–H and O–H groups in total. The van der Waals surface area contributed by atoms with Crippen LogP contribution in [-0.4, -0.2) is 22.6 Å². The highest BCUT2D eigenvalue weighted by Gasteiger charge is 2.09. The molecule has 0 radical (unpaired) electrons. The van der Waals surface area contributed by atoms with E-state index in [4.69, 9.17) is 0 Å². The molecular formula is C25H22N4O2. The summed E-state index contributed by atoms with van der Waals surface area (Å²) in [6, 6.07) is 24.9. The fourth-order valence-corrected chi connectivity index (χ4v) is 3.33. The third-order valence-electron chi connectivity index (χ3n) is 4.94. The second kappa shape index (κ2) is 9.09. The van der Waals surface area contributed by atoms with Gasteiger partial charge in [-0.2, -0.15) is 5.10 Å². The molecule has 0 saturated carbocycles. The minimum Gasteiger partial charge on any atom is -0.381 e. The molecule has 154 valence electrons. The van der Waals surface area contributed by atoms with Crippen LogP contribution in [0.4, 0.5) is 5.69 Å². The van der Waals surface area contributed by atoms with Crippen molar-refractivity contribution < 1.29 is 9.59 Å². The molecule has 1 amide bonds. The van der Waals surface area contributed by atoms with E-state index in [9.17, 15) is 9.59 Å². The lowest BCUT2D eigenvalue weighted by atomic mass is 10.2. The van der Waals surface area contributed by atoms with Crippen LogP contribution in [0.5, 0.6) is 0 Å². The maximum atomic E-state index is 12.4. The first-order valence-electron chi connectivity index (χ1n) is 9.94. The van der Waals surface area contributed by atoms with Gasteiger partial charge in [-0.3, -0.25) is 14.2 Å². The number of aromatic nitrogens is 1. The predicted molar refractivity (Wildman–Crippen MR) is 124 cm³/mol. The van der Waals surface area contributed by atoms with Crippen LogP contribution in [0.25, 0.3) is 10.9 Å². The van der Waals surface area contributed by atoms with Gasteiger partial charge in [-0.05, 0) is 35.9 Å². The number of carbonyl (C=O) groups is 2. The van der Waals surface area contributed by atoms with E-state index in [0.29, 0.717) is 12.1 Å². The number of amides is 1. The molecule has 0 aliphatic rings. The van der Waals surface area contributed by atoms with Crippen molar-refractivity contribution in [3.63, 3.8) is 0 Å². The lowest BCUT2D eigenvalue weighted by Gasteiger charge is -2.07. The zero-order valence-corrected chi connectivity index (χ0v) is 17.1. The number of rotatable bonds is 6. The van der Waals surface area contributed by atoms with Gasteiger partial charge >= 0.3 is 0 Å². The van der Waals surface area contributed by atoms with Crippen molar-refractivity contribution in [2.45, 2.75) is 13.5 Å². The van der Waals surface area contributed by atoms with Crippen LogP contribution in [0.1, 0.15) is 33.2 Å². The summed E-state index contributed by atoms with van der Waals surface area (Å²) >= 11 is 0. The number of para-hydroxylation sites is 1. The fourth-order valence-electron chi connectivity index (χ4n) is 3.33. The van der Waals surface area contributed by atoms with Crippen molar-refractivity contribution in [2.24, 2.45) is 5.10 Å². The Morgan fingerprint density at radius 2 is 1.65 bits per heavy atom. The Hall–Kier alpha value is -4.19. The van der Waals surface area contributed by atoms with Gasteiger partial charge in [0, 0.05) is 41.9 Å². The van der Waals surface area contributed by atoms with Crippen LogP contribution in [0, 0.1) is 0 Å². The Bertz CT molecular complexity index is 1240. The predicted octanol–water partition coefficient (Wildman–Crippen LogP) is 4.68. The Labute approximate surface area is 180 Å². The number of benzene rings is 3. The number of nitrogens with one attached hydrogen (secondary N) is 2. The Balaban J connectivity index is 1.39. The Morgan fingerprint density at radius 1 is 0.935 bits per heavy atom. The highest BCUT2D eigenvalue weighted by molar-refractivity contribution is 6.03. The molecule has 6 heteroatoms. The average Bonchev–Trinajstić information content (AvgIpc) is 3.18. The number of anilines is 1. The van der Waals surface area contributed by atoms with Gasteiger partial charge in [0.25, 0.3) is 5.91 Å². The summed E-state index contributed by atoms with van der Waals surface area (Å²) in [4.78, 5) is 24.2. The van der Waals surface area contributed by atoms with E-state index >= 15 is 0 Å². The van der Waals surface area contributed by atoms with Crippen molar-refractivity contribution in [1.82, 2.24) is 9.99 Å². The second-order valence-corrected chi connectivity index (χ2v) is 7.11. The number of fused-ring (bicyclic) bond motifs is 1. The molecule has 0 aliphatic carbocycles. The van der Waals surface area contributed by atoms with Gasteiger partial charge < -0.3 is 5.32 Å². The minimum atomic E-state index is -0.304. The number of hydrazone groups is 1. The standard InChI is InChI=1S/C25H22N4O2/c1-18(30)29-17-21(23-9-5-6-10-24(23)29)16-27-28-25(31)20-11-13-22(14-12-20)26-15-19-7-3-2-4-8-19/h2-14,16-17,26H,15H2,1H3,(H,28,31)/b27-16-. The van der Waals surface area contributed by atoms with Crippen LogP contribution in [0.15, 0.2) is 90.2 Å². The van der Waals surface area contributed by atoms with Gasteiger partial charge in [0.15, 0.2) is 0 Å². The Kier molecular flexibility index (Phi) is 5.89. The molecule has 1 heterocycles. The van der Waals surface area contributed by atoms with Gasteiger partial charge in [0.05, 0.1) is 11.7 Å². The number of hydrogen-bond donors (Lipinski definition) is 2. The van der Waals surface area contributed by atoms with Crippen molar-refractivity contribution in [3.8, 4) is 0 Å². The van der Waals surface area contributed by atoms with E-state index in [0.717, 1.165) is 22.2 Å². The smallest absolute Gasteiger partial charge is 0.271 e. The number of nitrogens with zero attached hydrogens (tertiary/aromatic N) is 2. The van der Waals surface area contributed by atoms with E-state index in [2.05, 4.69) is 28.0 Å². The van der Waals surface area contributed by atoms with Crippen LogP contribution >= 0.6 is 0 Å². The molecule has 6 nitrogen and oxygen atoms in total. The summed E-state index contributed by atoms with van der Waals surface area (Å²) in [7, 11) is 0.